The Kier molecular flexibility index (Phi) is 7.87. The Hall–Kier alpha value is -2.77. The molecule has 0 bridgehead atoms. The van der Waals surface area contributed by atoms with Gasteiger partial charge in [0.1, 0.15) is 11.5 Å². The van der Waals surface area contributed by atoms with Crippen LogP contribution < -0.4 is 20.2 Å². The number of rotatable bonds is 7. The van der Waals surface area contributed by atoms with Crippen LogP contribution in [0.2, 0.25) is 10.0 Å². The maximum Gasteiger partial charge on any atom is 0.271 e. The van der Waals surface area contributed by atoms with Crippen LogP contribution in [0, 0.1) is 6.92 Å². The first-order chi connectivity index (χ1) is 13.7. The monoisotopic (exact) mass is 437 g/mol. The Morgan fingerprint density at radius 1 is 1.03 bits per heavy atom. The van der Waals surface area contributed by atoms with Crippen LogP contribution in [-0.4, -0.2) is 31.7 Å². The maximum atomic E-state index is 12.3. The fourth-order valence-corrected chi connectivity index (χ4v) is 2.86. The first-order valence-electron chi connectivity index (χ1n) is 8.55. The van der Waals surface area contributed by atoms with Crippen LogP contribution in [-0.2, 0) is 4.79 Å². The van der Waals surface area contributed by atoms with Crippen molar-refractivity contribution in [2.24, 2.45) is 5.10 Å². The predicted molar refractivity (Wildman–Crippen MR) is 115 cm³/mol. The third kappa shape index (κ3) is 6.37. The Balaban J connectivity index is 2.01. The van der Waals surface area contributed by atoms with Gasteiger partial charge in [0.15, 0.2) is 0 Å². The molecule has 0 saturated heterocycles. The summed E-state index contributed by atoms with van der Waals surface area (Å²) in [4.78, 5) is 24.6. The van der Waals surface area contributed by atoms with Gasteiger partial charge in [0.05, 0.1) is 31.4 Å². The summed E-state index contributed by atoms with van der Waals surface area (Å²) < 4.78 is 10.3. The second-order valence-electron chi connectivity index (χ2n) is 6.20. The number of aryl methyl sites for hydroxylation is 1. The van der Waals surface area contributed by atoms with E-state index >= 15 is 0 Å². The number of carbonyl (C=O) groups excluding carboxylic acids is 2. The van der Waals surface area contributed by atoms with Crippen molar-refractivity contribution in [2.45, 2.75) is 20.3 Å². The first-order valence-corrected chi connectivity index (χ1v) is 9.31. The van der Waals surface area contributed by atoms with Crippen molar-refractivity contribution in [1.29, 1.82) is 0 Å². The van der Waals surface area contributed by atoms with Crippen molar-refractivity contribution >= 4 is 46.4 Å². The Morgan fingerprint density at radius 2 is 1.66 bits per heavy atom. The van der Waals surface area contributed by atoms with Gasteiger partial charge in [-0.15, -0.1) is 0 Å². The zero-order chi connectivity index (χ0) is 21.6. The molecule has 7 nitrogen and oxygen atoms in total. The van der Waals surface area contributed by atoms with Crippen molar-refractivity contribution in [3.8, 4) is 11.5 Å². The summed E-state index contributed by atoms with van der Waals surface area (Å²) in [5.74, 6) is 0.147. The minimum atomic E-state index is -0.463. The number of ether oxygens (including phenoxy) is 2. The second-order valence-corrected chi connectivity index (χ2v) is 7.01. The van der Waals surface area contributed by atoms with Crippen molar-refractivity contribution in [3.05, 3.63) is 51.5 Å². The number of halogens is 2. The lowest BCUT2D eigenvalue weighted by atomic mass is 10.2. The van der Waals surface area contributed by atoms with Crippen molar-refractivity contribution in [1.82, 2.24) is 5.43 Å². The fourth-order valence-electron chi connectivity index (χ4n) is 2.43. The summed E-state index contributed by atoms with van der Waals surface area (Å²) >= 11 is 12.2. The van der Waals surface area contributed by atoms with Crippen molar-refractivity contribution in [3.63, 3.8) is 0 Å². The Morgan fingerprint density at radius 3 is 2.24 bits per heavy atom. The molecule has 0 aliphatic carbocycles. The van der Waals surface area contributed by atoms with E-state index in [4.69, 9.17) is 32.7 Å². The average molecular weight is 438 g/mol. The highest BCUT2D eigenvalue weighted by molar-refractivity contribution is 6.36. The Labute approximate surface area is 179 Å². The number of hydrogen-bond acceptors (Lipinski definition) is 5. The summed E-state index contributed by atoms with van der Waals surface area (Å²) in [5, 5.41) is 7.54. The SMILES string of the molecule is COc1cc(OC)cc(C(=O)NN=C(C)CC(=O)Nc2cc(Cl)cc(C)c2Cl)c1. The molecule has 0 radical (unpaired) electrons. The molecule has 0 aliphatic rings. The molecule has 0 unspecified atom stereocenters. The molecule has 0 fully saturated rings. The molecule has 29 heavy (non-hydrogen) atoms. The molecular weight excluding hydrogens is 417 g/mol. The normalized spacial score (nSPS) is 11.0. The maximum absolute atomic E-state index is 12.3. The molecule has 0 aliphatic heterocycles. The lowest BCUT2D eigenvalue weighted by Crippen LogP contribution is -2.21. The number of nitrogens with zero attached hydrogens (tertiary/aromatic N) is 1. The number of benzene rings is 2. The largest absolute Gasteiger partial charge is 0.497 e. The highest BCUT2D eigenvalue weighted by Crippen LogP contribution is 2.29. The highest BCUT2D eigenvalue weighted by Gasteiger charge is 2.12. The van der Waals surface area contributed by atoms with E-state index in [1.165, 1.54) is 14.2 Å². The zero-order valence-corrected chi connectivity index (χ0v) is 17.9. The number of nitrogens with one attached hydrogen (secondary N) is 2. The molecule has 0 atom stereocenters. The molecule has 154 valence electrons. The van der Waals surface area contributed by atoms with Gasteiger partial charge in [0.25, 0.3) is 5.91 Å². The van der Waals surface area contributed by atoms with Gasteiger partial charge in [0.2, 0.25) is 5.91 Å². The van der Waals surface area contributed by atoms with E-state index in [1.54, 1.807) is 44.2 Å². The number of carbonyl (C=O) groups is 2. The van der Waals surface area contributed by atoms with Crippen LogP contribution >= 0.6 is 23.2 Å². The third-order valence-corrected chi connectivity index (χ3v) is 4.59. The van der Waals surface area contributed by atoms with Crippen LogP contribution in [0.3, 0.4) is 0 Å². The molecule has 2 rings (SSSR count). The molecule has 2 aromatic carbocycles. The topological polar surface area (TPSA) is 89.0 Å². The molecule has 0 heterocycles. The van der Waals surface area contributed by atoms with Gasteiger partial charge in [-0.3, -0.25) is 9.59 Å². The molecule has 0 spiro atoms. The lowest BCUT2D eigenvalue weighted by Gasteiger charge is -2.10. The minimum absolute atomic E-state index is 0.0381. The predicted octanol–water partition coefficient (Wildman–Crippen LogP) is 4.45. The smallest absolute Gasteiger partial charge is 0.271 e. The second kappa shape index (κ2) is 10.1. The van der Waals surface area contributed by atoms with Crippen LogP contribution in [0.15, 0.2) is 35.4 Å². The van der Waals surface area contributed by atoms with E-state index in [9.17, 15) is 9.59 Å². The van der Waals surface area contributed by atoms with Gasteiger partial charge in [-0.25, -0.2) is 5.43 Å². The molecule has 0 aromatic heterocycles. The van der Waals surface area contributed by atoms with Gasteiger partial charge in [-0.1, -0.05) is 23.2 Å². The summed E-state index contributed by atoms with van der Waals surface area (Å²) in [7, 11) is 2.98. The van der Waals surface area contributed by atoms with Gasteiger partial charge in [0, 0.05) is 22.4 Å². The van der Waals surface area contributed by atoms with E-state index in [-0.39, 0.29) is 12.3 Å². The zero-order valence-electron chi connectivity index (χ0n) is 16.4. The van der Waals surface area contributed by atoms with Crippen LogP contribution in [0.25, 0.3) is 0 Å². The molecule has 0 saturated carbocycles. The number of anilines is 1. The van der Waals surface area contributed by atoms with Gasteiger partial charge < -0.3 is 14.8 Å². The summed E-state index contributed by atoms with van der Waals surface area (Å²) in [6.07, 6.45) is -0.0381. The third-order valence-electron chi connectivity index (χ3n) is 3.87. The summed E-state index contributed by atoms with van der Waals surface area (Å²) in [6, 6.07) is 8.03. The van der Waals surface area contributed by atoms with Gasteiger partial charge in [-0.05, 0) is 43.7 Å². The molecule has 2 N–H and O–H groups in total. The minimum Gasteiger partial charge on any atom is -0.497 e. The van der Waals surface area contributed by atoms with Crippen molar-refractivity contribution in [2.75, 3.05) is 19.5 Å². The van der Waals surface area contributed by atoms with Crippen LogP contribution in [0.1, 0.15) is 29.3 Å². The summed E-state index contributed by atoms with van der Waals surface area (Å²) in [6.45, 7) is 3.41. The van der Waals surface area contributed by atoms with E-state index in [0.717, 1.165) is 5.56 Å². The molecule has 2 aromatic rings. The van der Waals surface area contributed by atoms with Crippen molar-refractivity contribution < 1.29 is 19.1 Å². The molecular formula is C20H21Cl2N3O4. The van der Waals surface area contributed by atoms with E-state index in [1.807, 2.05) is 0 Å². The summed E-state index contributed by atoms with van der Waals surface area (Å²) in [5.41, 5.74) is 4.29. The first kappa shape index (κ1) is 22.5. The van der Waals surface area contributed by atoms with Gasteiger partial charge in [-0.2, -0.15) is 5.10 Å². The van der Waals surface area contributed by atoms with E-state index in [0.29, 0.717) is 38.5 Å². The number of methoxy groups -OCH3 is 2. The van der Waals surface area contributed by atoms with Crippen LogP contribution in [0.4, 0.5) is 5.69 Å². The highest BCUT2D eigenvalue weighted by atomic mass is 35.5. The van der Waals surface area contributed by atoms with Gasteiger partial charge >= 0.3 is 0 Å². The number of hydrazone groups is 1. The molecule has 9 heteroatoms. The quantitative estimate of drug-likeness (QED) is 0.494. The van der Waals surface area contributed by atoms with E-state index < -0.39 is 5.91 Å². The lowest BCUT2D eigenvalue weighted by molar-refractivity contribution is -0.115. The fraction of sp³-hybridized carbons (Fsp3) is 0.250. The van der Waals surface area contributed by atoms with Crippen LogP contribution in [0.5, 0.6) is 11.5 Å². The number of hydrogen-bond donors (Lipinski definition) is 2. The Bertz CT molecular complexity index is 939. The molecule has 2 amide bonds. The standard InChI is InChI=1S/C20H21Cl2N3O4/c1-11-5-14(21)9-17(19(11)22)23-18(26)6-12(2)24-25-20(27)13-7-15(28-3)10-16(8-13)29-4/h5,7-10H,6H2,1-4H3,(H,23,26)(H,25,27). The van der Waals surface area contributed by atoms with E-state index in [2.05, 4.69) is 15.8 Å². The number of amides is 2. The average Bonchev–Trinajstić information content (AvgIpc) is 2.69.